The van der Waals surface area contributed by atoms with Crippen molar-refractivity contribution < 1.29 is 80.8 Å². The first-order chi connectivity index (χ1) is 63.4. The number of hydrogen-bond acceptors (Lipinski definition) is 28. The molecule has 1 spiro atoms. The molecule has 45 heteroatoms. The van der Waals surface area contributed by atoms with Crippen molar-refractivity contribution in [3.05, 3.63) is 233 Å². The van der Waals surface area contributed by atoms with Crippen molar-refractivity contribution in [2.75, 3.05) is 140 Å². The second kappa shape index (κ2) is 41.5. The van der Waals surface area contributed by atoms with Crippen LogP contribution in [0.15, 0.2) is 231 Å². The third-order valence-corrected chi connectivity index (χ3v) is 33.0. The molecule has 34 nitrogen and oxygen atoms in total. The van der Waals surface area contributed by atoms with Gasteiger partial charge in [-0.2, -0.15) is 4.37 Å². The zero-order valence-electron chi connectivity index (χ0n) is 71.4. The van der Waals surface area contributed by atoms with Gasteiger partial charge in [-0.1, -0.05) is 60.3 Å². The lowest BCUT2D eigenvalue weighted by atomic mass is 9.73. The van der Waals surface area contributed by atoms with Gasteiger partial charge in [0.05, 0.1) is 36.6 Å². The number of benzene rings is 7. The summed E-state index contributed by atoms with van der Waals surface area (Å²) in [5.74, 6) is -0.279. The number of aromatic nitrogens is 6. The van der Waals surface area contributed by atoms with Gasteiger partial charge in [0.15, 0.2) is 15.4 Å². The van der Waals surface area contributed by atoms with Crippen molar-refractivity contribution >= 4 is 203 Å². The number of fused-ring (bicyclic) bond motifs is 4. The standard InChI is InChI=1S/C23H21FN6O4S2.C22H22N4O3S2.C21H19ClN4O3S2.C17H21N5O3S2.C4H10O2S.7H2/c1-15(29-10-9-18-19(24)3-2-4-20(18)29)22(32)28-11-12-30(21(31)13-28)16-5-7-17(8-6-16)36(33,34)27-23-25-14-26-35-23;1-25-19-5-3-2-4-18(19)22(20(25)27)10-13-26(14-11-22)16-6-8-17(9-7-16)31(28,29)24-21-23-12-15-30-21;22-15-1-6-18-14(13-15)7-10-26(18)19-8-11-25(20(19)27)16-2-4-17(5-3-16)31(28,29)24-21-23-9-12-30-21;23-16-15(21-10-6-18-7-11-21)5-9-22(16)13-1-3-14(4-2-13)27(24,25)20-17-19-8-12-26-17;1-2-3-4-7(5)6;;;;;;;/h2-10,14-15H,11-13H2,1H3,(H,25,26,27);2-9,12,15H,10-11,13-14H2,1H3,(H,23,24);1-6,9,12-13,19H,7-8,10-11H2,(H,23,24);1-4,8,12,15,18H,5-7,9-11H2,(H,19,20);2-4H2,1H3,(H,5,6);7*1H/p-1/t15-;;19-;15-;;;;;;;;/m1.10......../s1. The molecule has 5 fully saturated rings. The Morgan fingerprint density at radius 2 is 1.11 bits per heavy atom. The average Bonchev–Trinajstić information content (AvgIpc) is 1.57. The van der Waals surface area contributed by atoms with Crippen LogP contribution in [0.1, 0.15) is 79.5 Å². The molecule has 0 bridgehead atoms. The maximum absolute atomic E-state index is 14.0. The van der Waals surface area contributed by atoms with Crippen molar-refractivity contribution in [2.24, 2.45) is 0 Å². The molecule has 132 heavy (non-hydrogen) atoms. The van der Waals surface area contributed by atoms with Gasteiger partial charge < -0.3 is 48.7 Å². The Morgan fingerprint density at radius 3 is 1.61 bits per heavy atom. The number of rotatable bonds is 23. The highest BCUT2D eigenvalue weighted by Crippen LogP contribution is 2.48. The van der Waals surface area contributed by atoms with Crippen LogP contribution in [0.3, 0.4) is 0 Å². The van der Waals surface area contributed by atoms with Gasteiger partial charge in [-0.15, -0.1) is 34.0 Å². The Morgan fingerprint density at radius 1 is 0.598 bits per heavy atom. The fourth-order valence-electron chi connectivity index (χ4n) is 16.8. The number of hydrogen-bond donors (Lipinski definition) is 5. The number of carbonyl (C=O) groups is 5. The minimum absolute atomic E-state index is 0. The number of amides is 5. The lowest BCUT2D eigenvalue weighted by Crippen LogP contribution is -2.53. The van der Waals surface area contributed by atoms with Crippen LogP contribution in [0.4, 0.5) is 59.0 Å². The monoisotopic (exact) mass is 2000 g/mol. The van der Waals surface area contributed by atoms with Crippen LogP contribution in [0.2, 0.25) is 5.02 Å². The van der Waals surface area contributed by atoms with Crippen LogP contribution in [0.25, 0.3) is 10.9 Å². The summed E-state index contributed by atoms with van der Waals surface area (Å²) in [7, 11) is -13.1. The number of piperazine rings is 2. The molecule has 708 valence electrons. The Labute approximate surface area is 796 Å². The minimum Gasteiger partial charge on any atom is -0.772 e. The Balaban J connectivity index is 0.000000219. The molecule has 7 aromatic carbocycles. The topological polar surface area (TPSA) is 417 Å². The van der Waals surface area contributed by atoms with E-state index in [1.807, 2.05) is 62.5 Å². The first kappa shape index (κ1) is 95.3. The number of unbranched alkanes of at least 4 members (excludes halogenated alkanes) is 1. The summed E-state index contributed by atoms with van der Waals surface area (Å²) in [4.78, 5) is 96.2. The molecule has 5 amide bonds. The number of piperidine rings is 1. The van der Waals surface area contributed by atoms with Gasteiger partial charge in [0.2, 0.25) is 34.7 Å². The molecule has 12 aromatic rings. The van der Waals surface area contributed by atoms with E-state index < -0.39 is 62.6 Å². The van der Waals surface area contributed by atoms with E-state index in [0.717, 1.165) is 124 Å². The second-order valence-electron chi connectivity index (χ2n) is 31.4. The number of nitrogens with one attached hydrogen (secondary N) is 5. The normalized spacial score (nSPS) is 17.8. The molecule has 0 radical (unpaired) electrons. The number of likely N-dealkylation sites (N-methyl/N-ethyl adjacent to an activating group) is 1. The molecular weight excluding hydrogens is 1890 g/mol. The van der Waals surface area contributed by atoms with Gasteiger partial charge in [0, 0.05) is 192 Å². The number of thiazole rings is 3. The molecule has 19 rings (SSSR count). The van der Waals surface area contributed by atoms with Crippen molar-refractivity contribution in [3.8, 4) is 0 Å². The maximum atomic E-state index is 14.0. The minimum atomic E-state index is -3.84. The Hall–Kier alpha value is -11.3. The van der Waals surface area contributed by atoms with Crippen molar-refractivity contribution in [1.29, 1.82) is 0 Å². The van der Waals surface area contributed by atoms with Crippen molar-refractivity contribution in [3.63, 3.8) is 0 Å². The van der Waals surface area contributed by atoms with E-state index in [4.69, 9.17) is 11.6 Å². The summed E-state index contributed by atoms with van der Waals surface area (Å²) in [5, 5.41) is 10.7. The van der Waals surface area contributed by atoms with Crippen LogP contribution >= 0.6 is 57.1 Å². The largest absolute Gasteiger partial charge is 0.772 e. The molecular formula is C87H106ClFN19O15S9-. The summed E-state index contributed by atoms with van der Waals surface area (Å²) in [5.41, 5.74) is 7.42. The van der Waals surface area contributed by atoms with Gasteiger partial charge >= 0.3 is 0 Å². The van der Waals surface area contributed by atoms with Gasteiger partial charge in [0.25, 0.3) is 40.1 Å². The number of sulfonamides is 4. The summed E-state index contributed by atoms with van der Waals surface area (Å²) < 4.78 is 149. The summed E-state index contributed by atoms with van der Waals surface area (Å²) >= 11 is 8.87. The lowest BCUT2D eigenvalue weighted by Gasteiger charge is -2.39. The molecule has 5 aromatic heterocycles. The molecule has 7 aliphatic heterocycles. The highest BCUT2D eigenvalue weighted by Gasteiger charge is 2.51. The van der Waals surface area contributed by atoms with E-state index >= 15 is 0 Å². The zero-order chi connectivity index (χ0) is 93.2. The average molecular weight is 2000 g/mol. The number of halogens is 2. The number of carbonyl (C=O) groups excluding carboxylic acids is 5. The highest BCUT2D eigenvalue weighted by atomic mass is 35.5. The first-order valence-electron chi connectivity index (χ1n) is 42.0. The van der Waals surface area contributed by atoms with Gasteiger partial charge in [-0.3, -0.25) is 52.0 Å². The van der Waals surface area contributed by atoms with Crippen LogP contribution < -0.4 is 53.6 Å². The fourth-order valence-corrected chi connectivity index (χ4v) is 24.5. The van der Waals surface area contributed by atoms with Crippen molar-refractivity contribution in [1.82, 2.24) is 44.0 Å². The summed E-state index contributed by atoms with van der Waals surface area (Å²) in [6, 6.07) is 44.8. The first-order valence-corrected chi connectivity index (χ1v) is 53.0. The summed E-state index contributed by atoms with van der Waals surface area (Å²) in [6.45, 7) is 11.2. The fraction of sp³-hybridized carbons (Fsp3) is 0.310. The quantitative estimate of drug-likeness (QED) is 0.0371. The maximum Gasteiger partial charge on any atom is 0.263 e. The summed E-state index contributed by atoms with van der Waals surface area (Å²) in [6.07, 6.45) is 13.2. The van der Waals surface area contributed by atoms with E-state index in [-0.39, 0.29) is 95.2 Å². The molecule has 5 N–H and O–H groups in total. The molecule has 4 atom stereocenters. The molecule has 7 aliphatic rings. The molecule has 1 unspecified atom stereocenters. The van der Waals surface area contributed by atoms with Gasteiger partial charge in [-0.05, 0) is 196 Å². The number of anilines is 10. The number of nitrogens with zero attached hydrogens (tertiary/aromatic N) is 14. The van der Waals surface area contributed by atoms with Crippen LogP contribution in [-0.2, 0) is 87.0 Å². The third kappa shape index (κ3) is 21.6. The Kier molecular flexibility index (Phi) is 30.0. The number of para-hydroxylation sites is 1. The van der Waals surface area contributed by atoms with Gasteiger partial charge in [0.1, 0.15) is 30.8 Å². The molecule has 12 heterocycles. The van der Waals surface area contributed by atoms with E-state index in [9.17, 15) is 70.8 Å². The second-order valence-corrected chi connectivity index (χ2v) is 43.1. The SMILES string of the molecule is CCCCS(=O)[O-].CN1C(=O)C2(CCN(c3ccc(S(=O)(=O)Nc4nccs4)cc3)CC2)c2ccccc21.C[C@H](C(=O)N1CCN(c2ccc(S(=O)(=O)Nc3ncns3)cc2)C(=O)C1)n1ccc2c(F)cccc21.O=C1[C@@H](N2CCNCC2)CCN1c1ccc(S(=O)(=O)Nc2nccs2)cc1.O=C1[C@H](N2CCc3cc(Cl)ccc32)CCN1c1ccc(S(=O)(=O)Nc2nccs2)cc1.[HH].[HH].[HH].[HH].[HH].[HH].[HH]. The van der Waals surface area contributed by atoms with Crippen LogP contribution in [0.5, 0.6) is 0 Å². The zero-order valence-corrected chi connectivity index (χ0v) is 79.5. The smallest absolute Gasteiger partial charge is 0.263 e. The van der Waals surface area contributed by atoms with E-state index in [0.29, 0.717) is 74.5 Å². The Bertz CT molecular complexity index is 6650. The predicted octanol–water partition coefficient (Wildman–Crippen LogP) is 13.4. The molecule has 0 aliphatic carbocycles. The molecule has 5 saturated heterocycles. The third-order valence-electron chi connectivity index (χ3n) is 23.5. The molecule has 0 saturated carbocycles. The lowest BCUT2D eigenvalue weighted by molar-refractivity contribution is -0.139. The van der Waals surface area contributed by atoms with E-state index in [2.05, 4.69) is 69.3 Å². The van der Waals surface area contributed by atoms with Gasteiger partial charge in [-0.25, -0.2) is 58.0 Å². The highest BCUT2D eigenvalue weighted by molar-refractivity contribution is 7.94. The van der Waals surface area contributed by atoms with Crippen LogP contribution in [-0.4, -0.2) is 214 Å². The van der Waals surface area contributed by atoms with E-state index in [1.165, 1.54) is 104 Å². The predicted molar refractivity (Wildman–Crippen MR) is 526 cm³/mol. The van der Waals surface area contributed by atoms with E-state index in [1.54, 1.807) is 128 Å². The van der Waals surface area contributed by atoms with Crippen molar-refractivity contribution in [2.45, 2.75) is 102 Å². The van der Waals surface area contributed by atoms with Crippen LogP contribution in [0, 0.1) is 5.82 Å².